The number of benzene rings is 6. The SMILES string of the molecule is [2H]C([2H])([2H])c1ccc(C2(c3ccnc(-n4c5ccccc5c5ccc(Oc6cc(-c7ccccc7)cc(N7CN(C)c8ccccc87)c6)cc54)c3)C3CC4CC(C3)CC2C4)cc1. The van der Waals surface area contributed by atoms with Gasteiger partial charge in [-0.15, -0.1) is 0 Å². The van der Waals surface area contributed by atoms with Crippen molar-refractivity contribution in [3.63, 3.8) is 0 Å². The first kappa shape index (κ1) is 31.6. The van der Waals surface area contributed by atoms with Crippen molar-refractivity contribution in [3.05, 3.63) is 175 Å². The van der Waals surface area contributed by atoms with Crippen LogP contribution >= 0.6 is 0 Å². The standard InChI is InChI=1S/C54H48N4O/c1-35-16-18-40(19-17-35)54(42-25-36-24-37(27-42)28-43(54)26-36)41-22-23-55-53(31-41)58-49-13-7-6-12-47(49)48-21-20-45(33-52(48)58)59-46-30-39(38-10-4-3-5-11-38)29-44(32-46)57-34-56(2)50-14-8-9-15-51(50)57/h3-23,29-33,36-37,42-43H,24-28,34H2,1-2H3/i1D3. The molecule has 5 heteroatoms. The van der Waals surface area contributed by atoms with Gasteiger partial charge in [-0.25, -0.2) is 4.98 Å². The Labute approximate surface area is 350 Å². The molecule has 3 heterocycles. The lowest BCUT2D eigenvalue weighted by Gasteiger charge is -2.62. The van der Waals surface area contributed by atoms with Crippen LogP contribution in [-0.4, -0.2) is 23.3 Å². The van der Waals surface area contributed by atoms with E-state index in [4.69, 9.17) is 13.8 Å². The van der Waals surface area contributed by atoms with E-state index in [1.54, 1.807) is 0 Å². The fraction of sp³-hybridized carbons (Fsp3) is 0.241. The number of pyridine rings is 1. The Morgan fingerprint density at radius 1 is 0.610 bits per heavy atom. The van der Waals surface area contributed by atoms with Gasteiger partial charge in [-0.1, -0.05) is 90.5 Å². The van der Waals surface area contributed by atoms with E-state index in [-0.39, 0.29) is 5.41 Å². The second-order valence-electron chi connectivity index (χ2n) is 17.6. The minimum Gasteiger partial charge on any atom is -0.457 e. The molecule has 0 unspecified atom stereocenters. The Bertz CT molecular complexity index is 2980. The van der Waals surface area contributed by atoms with Gasteiger partial charge in [-0.3, -0.25) is 4.57 Å². The molecule has 59 heavy (non-hydrogen) atoms. The van der Waals surface area contributed by atoms with Gasteiger partial charge in [0.15, 0.2) is 0 Å². The van der Waals surface area contributed by atoms with E-state index < -0.39 is 6.85 Å². The predicted octanol–water partition coefficient (Wildman–Crippen LogP) is 13.2. The first-order valence-electron chi connectivity index (χ1n) is 22.8. The molecule has 0 amide bonds. The van der Waals surface area contributed by atoms with Gasteiger partial charge in [0, 0.05) is 51.4 Å². The molecule has 13 rings (SSSR count). The van der Waals surface area contributed by atoms with Gasteiger partial charge in [-0.2, -0.15) is 0 Å². The topological polar surface area (TPSA) is 33.5 Å². The number of fused-ring (bicyclic) bond motifs is 4. The zero-order valence-electron chi connectivity index (χ0n) is 36.3. The summed E-state index contributed by atoms with van der Waals surface area (Å²) < 4.78 is 33.6. The molecule has 290 valence electrons. The van der Waals surface area contributed by atoms with Crippen LogP contribution in [-0.2, 0) is 5.41 Å². The third kappa shape index (κ3) is 5.47. The Hall–Kier alpha value is -6.33. The Balaban J connectivity index is 0.981. The van der Waals surface area contributed by atoms with Gasteiger partial charge in [-0.05, 0) is 139 Å². The molecule has 5 nitrogen and oxygen atoms in total. The summed E-state index contributed by atoms with van der Waals surface area (Å²) in [4.78, 5) is 9.78. The highest BCUT2D eigenvalue weighted by Crippen LogP contribution is 2.65. The van der Waals surface area contributed by atoms with E-state index in [0.717, 1.165) is 74.4 Å². The quantitative estimate of drug-likeness (QED) is 0.162. The predicted molar refractivity (Wildman–Crippen MR) is 241 cm³/mol. The zero-order valence-corrected chi connectivity index (χ0v) is 33.3. The summed E-state index contributed by atoms with van der Waals surface area (Å²) in [6.45, 7) is -1.39. The molecule has 0 saturated heterocycles. The first-order chi connectivity index (χ1) is 30.2. The normalized spacial score (nSPS) is 24.0. The monoisotopic (exact) mass is 771 g/mol. The van der Waals surface area contributed by atoms with Crippen LogP contribution in [0.25, 0.3) is 38.8 Å². The van der Waals surface area contributed by atoms with Crippen LogP contribution in [0.15, 0.2) is 158 Å². The van der Waals surface area contributed by atoms with Crippen LogP contribution in [0.1, 0.15) is 52.9 Å². The highest BCUT2D eigenvalue weighted by atomic mass is 16.5. The average molecular weight is 772 g/mol. The van der Waals surface area contributed by atoms with E-state index in [1.165, 1.54) is 54.6 Å². The number of hydrogen-bond donors (Lipinski definition) is 0. The molecule has 4 fully saturated rings. The molecule has 0 radical (unpaired) electrons. The van der Waals surface area contributed by atoms with Crippen LogP contribution in [0, 0.1) is 30.5 Å². The second kappa shape index (κ2) is 13.4. The van der Waals surface area contributed by atoms with Crippen molar-refractivity contribution in [2.45, 2.75) is 44.4 Å². The van der Waals surface area contributed by atoms with Gasteiger partial charge in [0.25, 0.3) is 0 Å². The fourth-order valence-corrected chi connectivity index (χ4v) is 12.2. The number of para-hydroxylation sites is 3. The molecule has 4 aliphatic carbocycles. The lowest BCUT2D eigenvalue weighted by atomic mass is 9.42. The van der Waals surface area contributed by atoms with Crippen molar-refractivity contribution in [2.75, 3.05) is 23.5 Å². The lowest BCUT2D eigenvalue weighted by molar-refractivity contribution is -0.0418. The van der Waals surface area contributed by atoms with Crippen molar-refractivity contribution >= 4 is 38.9 Å². The molecule has 2 aromatic heterocycles. The number of rotatable bonds is 7. The molecule has 4 saturated carbocycles. The van der Waals surface area contributed by atoms with E-state index in [1.807, 2.05) is 18.3 Å². The van der Waals surface area contributed by atoms with Crippen molar-refractivity contribution < 1.29 is 8.85 Å². The van der Waals surface area contributed by atoms with Gasteiger partial charge >= 0.3 is 0 Å². The maximum absolute atomic E-state index is 8.11. The lowest BCUT2D eigenvalue weighted by Crippen LogP contribution is -2.56. The summed E-state index contributed by atoms with van der Waals surface area (Å²) in [5, 5.41) is 2.30. The molecule has 5 aliphatic rings. The van der Waals surface area contributed by atoms with Crippen LogP contribution in [0.4, 0.5) is 17.1 Å². The van der Waals surface area contributed by atoms with Crippen LogP contribution in [0.5, 0.6) is 11.5 Å². The van der Waals surface area contributed by atoms with E-state index in [9.17, 15) is 0 Å². The molecule has 0 N–H and O–H groups in total. The number of aromatic nitrogens is 2. The Kier molecular flexibility index (Phi) is 7.16. The number of nitrogens with zero attached hydrogens (tertiary/aromatic N) is 4. The summed E-state index contributed by atoms with van der Waals surface area (Å²) in [6, 6.07) is 53.3. The van der Waals surface area contributed by atoms with Gasteiger partial charge < -0.3 is 14.5 Å². The number of anilines is 3. The van der Waals surface area contributed by atoms with Crippen LogP contribution in [0.2, 0.25) is 0 Å². The third-order valence-corrected chi connectivity index (χ3v) is 14.4. The Morgan fingerprint density at radius 2 is 1.34 bits per heavy atom. The first-order valence-corrected chi connectivity index (χ1v) is 21.3. The molecule has 8 aromatic rings. The summed E-state index contributed by atoms with van der Waals surface area (Å²) in [7, 11) is 2.14. The van der Waals surface area contributed by atoms with Crippen molar-refractivity contribution in [1.82, 2.24) is 9.55 Å². The zero-order chi connectivity index (χ0) is 41.7. The molecular weight excluding hydrogens is 721 g/mol. The molecule has 0 spiro atoms. The van der Waals surface area contributed by atoms with Crippen molar-refractivity contribution in [1.29, 1.82) is 0 Å². The fourth-order valence-electron chi connectivity index (χ4n) is 12.2. The smallest absolute Gasteiger partial charge is 0.137 e. The maximum Gasteiger partial charge on any atom is 0.137 e. The Morgan fingerprint density at radius 3 is 2.14 bits per heavy atom. The average Bonchev–Trinajstić information content (AvgIpc) is 3.80. The van der Waals surface area contributed by atoms with Gasteiger partial charge in [0.05, 0.1) is 29.1 Å². The van der Waals surface area contributed by atoms with Gasteiger partial charge in [0.1, 0.15) is 17.3 Å². The van der Waals surface area contributed by atoms with Crippen LogP contribution < -0.4 is 14.5 Å². The highest BCUT2D eigenvalue weighted by molar-refractivity contribution is 6.09. The minimum atomic E-state index is -2.14. The van der Waals surface area contributed by atoms with E-state index in [0.29, 0.717) is 17.4 Å². The second-order valence-corrected chi connectivity index (χ2v) is 17.6. The number of hydrogen-bond acceptors (Lipinski definition) is 4. The third-order valence-electron chi connectivity index (χ3n) is 14.4. The highest BCUT2D eigenvalue weighted by Gasteiger charge is 2.58. The molecule has 0 atom stereocenters. The largest absolute Gasteiger partial charge is 0.457 e. The number of aryl methyl sites for hydroxylation is 1. The van der Waals surface area contributed by atoms with Crippen molar-refractivity contribution in [3.8, 4) is 28.4 Å². The molecular formula is C54H48N4O. The summed E-state index contributed by atoms with van der Waals surface area (Å²) in [5.41, 5.74) is 10.5. The maximum atomic E-state index is 8.11. The summed E-state index contributed by atoms with van der Waals surface area (Å²) in [6.07, 6.45) is 8.23. The molecule has 1 aliphatic heterocycles. The molecule has 4 bridgehead atoms. The summed E-state index contributed by atoms with van der Waals surface area (Å²) in [5.74, 6) is 4.95. The molecule has 6 aromatic carbocycles. The van der Waals surface area contributed by atoms with E-state index >= 15 is 0 Å². The summed E-state index contributed by atoms with van der Waals surface area (Å²) >= 11 is 0. The van der Waals surface area contributed by atoms with E-state index in [2.05, 4.69) is 161 Å². The van der Waals surface area contributed by atoms with Crippen molar-refractivity contribution in [2.24, 2.45) is 23.7 Å². The van der Waals surface area contributed by atoms with Gasteiger partial charge in [0.2, 0.25) is 0 Å². The number of ether oxygens (including phenoxy) is 1. The minimum absolute atomic E-state index is 0.211. The van der Waals surface area contributed by atoms with Crippen LogP contribution in [0.3, 0.4) is 0 Å².